The quantitative estimate of drug-likeness (QED) is 0.844. The third-order valence-corrected chi connectivity index (χ3v) is 2.10. The van der Waals surface area contributed by atoms with E-state index in [1.807, 2.05) is 0 Å². The lowest BCUT2D eigenvalue weighted by Gasteiger charge is -2.02. The fourth-order valence-electron chi connectivity index (χ4n) is 1.10. The maximum Gasteiger partial charge on any atom is 0.356 e. The van der Waals surface area contributed by atoms with Crippen LogP contribution in [0.1, 0.15) is 16.2 Å². The van der Waals surface area contributed by atoms with E-state index in [4.69, 9.17) is 5.11 Å². The van der Waals surface area contributed by atoms with Crippen molar-refractivity contribution in [1.82, 2.24) is 15.1 Å². The molecule has 0 saturated carbocycles. The first-order valence-corrected chi connectivity index (χ1v) is 5.10. The summed E-state index contributed by atoms with van der Waals surface area (Å²) in [6.07, 6.45) is 0. The standard InChI is InChI=1S/C9H12BrN3O2/c1-6(10)4-11-5-7-3-8(9(14)15)12-13(7)2/h3,11H,1,4-5H2,2H3,(H,14,15). The molecule has 1 rings (SSSR count). The van der Waals surface area contributed by atoms with E-state index < -0.39 is 5.97 Å². The molecule has 0 aromatic carbocycles. The van der Waals surface area contributed by atoms with Crippen LogP contribution in [-0.2, 0) is 13.6 Å². The third-order valence-electron chi connectivity index (χ3n) is 1.82. The van der Waals surface area contributed by atoms with Gasteiger partial charge in [-0.1, -0.05) is 22.5 Å². The number of hydrogen-bond donors (Lipinski definition) is 2. The monoisotopic (exact) mass is 273 g/mol. The van der Waals surface area contributed by atoms with Crippen LogP contribution in [0, 0.1) is 0 Å². The fourth-order valence-corrected chi connectivity index (χ4v) is 1.30. The zero-order valence-electron chi connectivity index (χ0n) is 8.33. The highest BCUT2D eigenvalue weighted by molar-refractivity contribution is 9.11. The van der Waals surface area contributed by atoms with E-state index in [-0.39, 0.29) is 5.69 Å². The number of aryl methyl sites for hydroxylation is 1. The Labute approximate surface area is 95.9 Å². The fraction of sp³-hybridized carbons (Fsp3) is 0.333. The van der Waals surface area contributed by atoms with E-state index in [2.05, 4.69) is 32.9 Å². The van der Waals surface area contributed by atoms with Crippen LogP contribution in [0.4, 0.5) is 0 Å². The van der Waals surface area contributed by atoms with Crippen molar-refractivity contribution in [3.05, 3.63) is 28.5 Å². The van der Waals surface area contributed by atoms with Crippen molar-refractivity contribution < 1.29 is 9.90 Å². The van der Waals surface area contributed by atoms with Crippen LogP contribution in [0.15, 0.2) is 17.1 Å². The summed E-state index contributed by atoms with van der Waals surface area (Å²) in [5.41, 5.74) is 0.883. The molecule has 0 amide bonds. The molecule has 0 bridgehead atoms. The van der Waals surface area contributed by atoms with Gasteiger partial charge in [0.15, 0.2) is 5.69 Å². The first kappa shape index (κ1) is 11.9. The highest BCUT2D eigenvalue weighted by atomic mass is 79.9. The van der Waals surface area contributed by atoms with Crippen molar-refractivity contribution in [3.63, 3.8) is 0 Å². The molecule has 15 heavy (non-hydrogen) atoms. The molecule has 0 aliphatic carbocycles. The van der Waals surface area contributed by atoms with Gasteiger partial charge < -0.3 is 10.4 Å². The van der Waals surface area contributed by atoms with E-state index in [0.29, 0.717) is 13.1 Å². The van der Waals surface area contributed by atoms with Gasteiger partial charge in [0.2, 0.25) is 0 Å². The van der Waals surface area contributed by atoms with Crippen molar-refractivity contribution in [2.75, 3.05) is 6.54 Å². The second-order valence-corrected chi connectivity index (χ2v) is 4.19. The van der Waals surface area contributed by atoms with Crippen LogP contribution in [0.3, 0.4) is 0 Å². The van der Waals surface area contributed by atoms with Crippen molar-refractivity contribution in [2.24, 2.45) is 7.05 Å². The van der Waals surface area contributed by atoms with Crippen LogP contribution >= 0.6 is 15.9 Å². The van der Waals surface area contributed by atoms with Gasteiger partial charge in [0.1, 0.15) is 0 Å². The Hall–Kier alpha value is -1.14. The van der Waals surface area contributed by atoms with Gasteiger partial charge in [-0.2, -0.15) is 5.10 Å². The highest BCUT2D eigenvalue weighted by Gasteiger charge is 2.10. The third kappa shape index (κ3) is 3.49. The maximum absolute atomic E-state index is 10.6. The average molecular weight is 274 g/mol. The van der Waals surface area contributed by atoms with Gasteiger partial charge >= 0.3 is 5.97 Å². The number of carboxylic acid groups (broad SMARTS) is 1. The van der Waals surface area contributed by atoms with E-state index in [1.54, 1.807) is 17.8 Å². The Morgan fingerprint density at radius 1 is 1.80 bits per heavy atom. The van der Waals surface area contributed by atoms with E-state index in [1.165, 1.54) is 0 Å². The largest absolute Gasteiger partial charge is 0.476 e. The minimum absolute atomic E-state index is 0.0620. The Morgan fingerprint density at radius 3 is 2.93 bits per heavy atom. The molecular formula is C9H12BrN3O2. The van der Waals surface area contributed by atoms with Gasteiger partial charge in [0.25, 0.3) is 0 Å². The number of carboxylic acids is 1. The lowest BCUT2D eigenvalue weighted by Crippen LogP contribution is -2.16. The van der Waals surface area contributed by atoms with Crippen LogP contribution in [0.5, 0.6) is 0 Å². The Kier molecular flexibility index (Phi) is 4.05. The predicted molar refractivity (Wildman–Crippen MR) is 59.9 cm³/mol. The molecule has 0 fully saturated rings. The summed E-state index contributed by atoms with van der Waals surface area (Å²) in [5.74, 6) is -1.01. The molecule has 0 atom stereocenters. The summed E-state index contributed by atoms with van der Waals surface area (Å²) in [7, 11) is 1.71. The molecule has 6 heteroatoms. The zero-order chi connectivity index (χ0) is 11.4. The molecule has 0 radical (unpaired) electrons. The van der Waals surface area contributed by atoms with Crippen molar-refractivity contribution in [1.29, 1.82) is 0 Å². The van der Waals surface area contributed by atoms with Gasteiger partial charge in [-0.15, -0.1) is 0 Å². The molecule has 0 unspecified atom stereocenters. The van der Waals surface area contributed by atoms with Gasteiger partial charge in [0, 0.05) is 24.6 Å². The van der Waals surface area contributed by atoms with Crippen molar-refractivity contribution in [2.45, 2.75) is 6.54 Å². The molecule has 0 aliphatic rings. The number of carbonyl (C=O) groups is 1. The molecule has 1 aromatic rings. The summed E-state index contributed by atoms with van der Waals surface area (Å²) in [5, 5.41) is 15.7. The Bertz CT molecular complexity index is 387. The molecule has 0 saturated heterocycles. The minimum atomic E-state index is -1.01. The zero-order valence-corrected chi connectivity index (χ0v) is 9.91. The van der Waals surface area contributed by atoms with E-state index >= 15 is 0 Å². The van der Waals surface area contributed by atoms with Crippen LogP contribution in [-0.4, -0.2) is 27.4 Å². The molecule has 5 nitrogen and oxygen atoms in total. The van der Waals surface area contributed by atoms with Crippen LogP contribution < -0.4 is 5.32 Å². The smallest absolute Gasteiger partial charge is 0.356 e. The SMILES string of the molecule is C=C(Br)CNCc1cc(C(=O)O)nn1C. The summed E-state index contributed by atoms with van der Waals surface area (Å²) < 4.78 is 2.40. The van der Waals surface area contributed by atoms with Crippen molar-refractivity contribution >= 4 is 21.9 Å². The molecule has 82 valence electrons. The average Bonchev–Trinajstić information content (AvgIpc) is 2.47. The number of halogens is 1. The van der Waals surface area contributed by atoms with Gasteiger partial charge in [0.05, 0.1) is 5.69 Å². The second kappa shape index (κ2) is 5.09. The normalized spacial score (nSPS) is 10.3. The minimum Gasteiger partial charge on any atom is -0.476 e. The second-order valence-electron chi connectivity index (χ2n) is 3.07. The number of nitrogens with one attached hydrogen (secondary N) is 1. The first-order valence-electron chi connectivity index (χ1n) is 4.31. The topological polar surface area (TPSA) is 67.2 Å². The molecule has 2 N–H and O–H groups in total. The summed E-state index contributed by atoms with van der Waals surface area (Å²) in [6.45, 7) is 4.87. The Balaban J connectivity index is 2.61. The number of hydrogen-bond acceptors (Lipinski definition) is 3. The van der Waals surface area contributed by atoms with E-state index in [0.717, 1.165) is 10.2 Å². The highest BCUT2D eigenvalue weighted by Crippen LogP contribution is 2.04. The number of rotatable bonds is 5. The molecule has 0 spiro atoms. The molecular weight excluding hydrogens is 262 g/mol. The van der Waals surface area contributed by atoms with Gasteiger partial charge in [-0.25, -0.2) is 4.79 Å². The summed E-state index contributed by atoms with van der Waals surface area (Å²) >= 11 is 3.22. The van der Waals surface area contributed by atoms with Crippen LogP contribution in [0.25, 0.3) is 0 Å². The first-order chi connectivity index (χ1) is 7.00. The number of aromatic nitrogens is 2. The Morgan fingerprint density at radius 2 is 2.47 bits per heavy atom. The van der Waals surface area contributed by atoms with Gasteiger partial charge in [-0.3, -0.25) is 4.68 Å². The maximum atomic E-state index is 10.6. The van der Waals surface area contributed by atoms with Crippen molar-refractivity contribution in [3.8, 4) is 0 Å². The number of nitrogens with zero attached hydrogens (tertiary/aromatic N) is 2. The van der Waals surface area contributed by atoms with Gasteiger partial charge in [-0.05, 0) is 6.07 Å². The molecule has 1 aromatic heterocycles. The predicted octanol–water partition coefficient (Wildman–Crippen LogP) is 1.12. The lowest BCUT2D eigenvalue weighted by atomic mass is 10.3. The summed E-state index contributed by atoms with van der Waals surface area (Å²) in [4.78, 5) is 10.6. The van der Waals surface area contributed by atoms with E-state index in [9.17, 15) is 4.79 Å². The lowest BCUT2D eigenvalue weighted by molar-refractivity contribution is 0.0689. The van der Waals surface area contributed by atoms with Crippen LogP contribution in [0.2, 0.25) is 0 Å². The summed E-state index contributed by atoms with van der Waals surface area (Å²) in [6, 6.07) is 1.55. The number of aromatic carboxylic acids is 1. The molecule has 1 heterocycles. The molecule has 0 aliphatic heterocycles.